The molecule has 0 saturated carbocycles. The number of furan rings is 1. The first-order chi connectivity index (χ1) is 16.0. The maximum atomic E-state index is 12.9. The number of nitro benzene ring substituents is 1. The number of aryl methyl sites for hydroxylation is 1. The molecule has 11 heteroatoms. The van der Waals surface area contributed by atoms with E-state index in [-0.39, 0.29) is 28.6 Å². The van der Waals surface area contributed by atoms with Crippen LogP contribution in [0.1, 0.15) is 34.5 Å². The van der Waals surface area contributed by atoms with Crippen molar-refractivity contribution < 1.29 is 14.1 Å². The van der Waals surface area contributed by atoms with Gasteiger partial charge in [0.15, 0.2) is 5.76 Å². The molecule has 33 heavy (non-hydrogen) atoms. The van der Waals surface area contributed by atoms with Gasteiger partial charge in [-0.1, -0.05) is 12.1 Å². The molecule has 1 amide bonds. The van der Waals surface area contributed by atoms with Gasteiger partial charge in [-0.3, -0.25) is 24.7 Å². The number of benzene rings is 1. The minimum atomic E-state index is -0.699. The van der Waals surface area contributed by atoms with Crippen LogP contribution in [0.2, 0.25) is 0 Å². The number of H-pyrrole nitrogens is 1. The summed E-state index contributed by atoms with van der Waals surface area (Å²) in [6.45, 7) is 0. The molecule has 1 aromatic carbocycles. The van der Waals surface area contributed by atoms with Gasteiger partial charge in [-0.25, -0.2) is 4.98 Å². The third kappa shape index (κ3) is 3.80. The Hall–Kier alpha value is -4.54. The van der Waals surface area contributed by atoms with Gasteiger partial charge in [-0.15, -0.1) is 0 Å². The monoisotopic (exact) mass is 446 g/mol. The molecule has 1 aliphatic rings. The number of carbonyl (C=O) groups is 1. The van der Waals surface area contributed by atoms with Crippen LogP contribution < -0.4 is 10.9 Å². The molecule has 0 atom stereocenters. The van der Waals surface area contributed by atoms with E-state index in [0.717, 1.165) is 12.8 Å². The average molecular weight is 446 g/mol. The van der Waals surface area contributed by atoms with Gasteiger partial charge in [0.25, 0.3) is 17.2 Å². The van der Waals surface area contributed by atoms with Gasteiger partial charge in [0.05, 0.1) is 16.9 Å². The summed E-state index contributed by atoms with van der Waals surface area (Å²) in [5, 5.41) is 18.5. The summed E-state index contributed by atoms with van der Waals surface area (Å²) in [6.07, 6.45) is 4.69. The SMILES string of the molecule is O=C(Nc1cc(-c2ccco2)nn1-c1nc2c(c(=O)[nH]1)CCCC2)c1ccccc1[N+](=O)[O-]. The first-order valence-corrected chi connectivity index (χ1v) is 10.3. The molecule has 0 radical (unpaired) electrons. The van der Waals surface area contributed by atoms with Crippen LogP contribution in [-0.4, -0.2) is 30.6 Å². The summed E-state index contributed by atoms with van der Waals surface area (Å²) < 4.78 is 6.70. The van der Waals surface area contributed by atoms with Crippen molar-refractivity contribution in [1.29, 1.82) is 0 Å². The van der Waals surface area contributed by atoms with Crippen LogP contribution in [-0.2, 0) is 12.8 Å². The highest BCUT2D eigenvalue weighted by Gasteiger charge is 2.24. The van der Waals surface area contributed by atoms with Crippen LogP contribution in [0.4, 0.5) is 11.5 Å². The number of fused-ring (bicyclic) bond motifs is 1. The summed E-state index contributed by atoms with van der Waals surface area (Å²) in [6, 6.07) is 10.6. The Bertz CT molecular complexity index is 1420. The fourth-order valence-corrected chi connectivity index (χ4v) is 3.88. The molecule has 0 fully saturated rings. The number of para-hydroxylation sites is 1. The molecule has 3 aromatic heterocycles. The molecule has 3 heterocycles. The zero-order chi connectivity index (χ0) is 22.9. The normalized spacial score (nSPS) is 12.8. The standard InChI is InChI=1S/C22H18N6O5/c29-20-13-6-1-3-8-15(13)23-22(25-20)27-19(12-16(26-27)18-10-5-11-33-18)24-21(30)14-7-2-4-9-17(14)28(31)32/h2,4-5,7,9-12H,1,3,6,8H2,(H,24,30)(H,23,25,29). The maximum absolute atomic E-state index is 12.9. The minimum absolute atomic E-state index is 0.110. The topological polar surface area (TPSA) is 149 Å². The lowest BCUT2D eigenvalue weighted by Gasteiger charge is -2.15. The largest absolute Gasteiger partial charge is 0.463 e. The molecule has 0 bridgehead atoms. The zero-order valence-electron chi connectivity index (χ0n) is 17.3. The van der Waals surface area contributed by atoms with E-state index < -0.39 is 10.8 Å². The summed E-state index contributed by atoms with van der Waals surface area (Å²) in [5.41, 5.74) is 1.06. The van der Waals surface area contributed by atoms with Gasteiger partial charge in [0.2, 0.25) is 5.95 Å². The first-order valence-electron chi connectivity index (χ1n) is 10.3. The molecule has 11 nitrogen and oxygen atoms in total. The number of hydrogen-bond donors (Lipinski definition) is 2. The number of nitro groups is 1. The molecule has 0 aliphatic heterocycles. The number of rotatable bonds is 5. The Morgan fingerprint density at radius 1 is 1.18 bits per heavy atom. The van der Waals surface area contributed by atoms with Crippen LogP contribution >= 0.6 is 0 Å². The molecule has 166 valence electrons. The van der Waals surface area contributed by atoms with Crippen molar-refractivity contribution in [2.45, 2.75) is 25.7 Å². The molecule has 5 rings (SSSR count). The summed E-state index contributed by atoms with van der Waals surface area (Å²) >= 11 is 0. The van der Waals surface area contributed by atoms with Crippen molar-refractivity contribution in [1.82, 2.24) is 19.7 Å². The van der Waals surface area contributed by atoms with Crippen molar-refractivity contribution in [2.24, 2.45) is 0 Å². The van der Waals surface area contributed by atoms with Crippen LogP contribution in [0, 0.1) is 10.1 Å². The second kappa shape index (κ2) is 8.19. The molecular weight excluding hydrogens is 428 g/mol. The summed E-state index contributed by atoms with van der Waals surface area (Å²) in [7, 11) is 0. The van der Waals surface area contributed by atoms with E-state index in [2.05, 4.69) is 20.4 Å². The van der Waals surface area contributed by atoms with Crippen molar-refractivity contribution in [3.8, 4) is 17.4 Å². The number of aromatic amines is 1. The molecule has 2 N–H and O–H groups in total. The minimum Gasteiger partial charge on any atom is -0.463 e. The first kappa shape index (κ1) is 20.4. The third-order valence-electron chi connectivity index (χ3n) is 5.45. The quantitative estimate of drug-likeness (QED) is 0.353. The zero-order valence-corrected chi connectivity index (χ0v) is 17.3. The van der Waals surface area contributed by atoms with E-state index in [1.165, 1.54) is 35.2 Å². The van der Waals surface area contributed by atoms with Crippen LogP contribution in [0.3, 0.4) is 0 Å². The van der Waals surface area contributed by atoms with Crippen molar-refractivity contribution >= 4 is 17.4 Å². The molecule has 0 saturated heterocycles. The van der Waals surface area contributed by atoms with Gasteiger partial charge in [-0.2, -0.15) is 9.78 Å². The predicted octanol–water partition coefficient (Wildman–Crippen LogP) is 3.25. The summed E-state index contributed by atoms with van der Waals surface area (Å²) in [5.74, 6) is 0.0461. The second-order valence-corrected chi connectivity index (χ2v) is 7.55. The highest BCUT2D eigenvalue weighted by Crippen LogP contribution is 2.26. The van der Waals surface area contributed by atoms with E-state index >= 15 is 0 Å². The number of nitrogens with one attached hydrogen (secondary N) is 2. The number of carbonyl (C=O) groups excluding carboxylic acids is 1. The fourth-order valence-electron chi connectivity index (χ4n) is 3.88. The molecule has 1 aliphatic carbocycles. The van der Waals surface area contributed by atoms with Crippen molar-refractivity contribution in [3.05, 3.63) is 86.0 Å². The lowest BCUT2D eigenvalue weighted by atomic mass is 9.97. The highest BCUT2D eigenvalue weighted by molar-refractivity contribution is 6.06. The van der Waals surface area contributed by atoms with Gasteiger partial charge in [0, 0.05) is 17.7 Å². The predicted molar refractivity (Wildman–Crippen MR) is 117 cm³/mol. The Morgan fingerprint density at radius 3 is 2.79 bits per heavy atom. The van der Waals surface area contributed by atoms with E-state index in [9.17, 15) is 19.7 Å². The van der Waals surface area contributed by atoms with Gasteiger partial charge in [0.1, 0.15) is 17.1 Å². The summed E-state index contributed by atoms with van der Waals surface area (Å²) in [4.78, 5) is 43.6. The van der Waals surface area contributed by atoms with Gasteiger partial charge < -0.3 is 9.73 Å². The van der Waals surface area contributed by atoms with Crippen LogP contribution in [0.25, 0.3) is 17.4 Å². The van der Waals surface area contributed by atoms with Crippen molar-refractivity contribution in [2.75, 3.05) is 5.32 Å². The van der Waals surface area contributed by atoms with Gasteiger partial charge in [-0.05, 0) is 43.9 Å². The number of amides is 1. The van der Waals surface area contributed by atoms with E-state index in [0.29, 0.717) is 35.6 Å². The van der Waals surface area contributed by atoms with Gasteiger partial charge >= 0.3 is 0 Å². The van der Waals surface area contributed by atoms with E-state index in [4.69, 9.17) is 4.42 Å². The number of anilines is 1. The molecule has 0 unspecified atom stereocenters. The fraction of sp³-hybridized carbons (Fsp3) is 0.182. The average Bonchev–Trinajstić information content (AvgIpc) is 3.49. The number of nitrogens with zero attached hydrogens (tertiary/aromatic N) is 4. The van der Waals surface area contributed by atoms with E-state index in [1.54, 1.807) is 18.2 Å². The lowest BCUT2D eigenvalue weighted by Crippen LogP contribution is -2.25. The van der Waals surface area contributed by atoms with E-state index in [1.807, 2.05) is 0 Å². The maximum Gasteiger partial charge on any atom is 0.282 e. The lowest BCUT2D eigenvalue weighted by molar-refractivity contribution is -0.385. The molecule has 0 spiro atoms. The number of aromatic nitrogens is 4. The third-order valence-corrected chi connectivity index (χ3v) is 5.45. The smallest absolute Gasteiger partial charge is 0.282 e. The number of hydrogen-bond acceptors (Lipinski definition) is 7. The Kier molecular flexibility index (Phi) is 5.05. The van der Waals surface area contributed by atoms with Crippen molar-refractivity contribution in [3.63, 3.8) is 0 Å². The van der Waals surface area contributed by atoms with Crippen LogP contribution in [0.5, 0.6) is 0 Å². The Labute approximate surface area is 186 Å². The Balaban J connectivity index is 1.59. The molecule has 4 aromatic rings. The molecular formula is C22H18N6O5. The second-order valence-electron chi connectivity index (χ2n) is 7.55. The highest BCUT2D eigenvalue weighted by atomic mass is 16.6. The van der Waals surface area contributed by atoms with Crippen LogP contribution in [0.15, 0.2) is 57.9 Å². The Morgan fingerprint density at radius 2 is 2.00 bits per heavy atom.